The molecule has 1 heterocycles. The molecule has 286 valence electrons. The molecule has 0 amide bonds. The first-order valence-corrected chi connectivity index (χ1v) is 16.5. The van der Waals surface area contributed by atoms with Crippen molar-refractivity contribution < 1.29 is 41.4 Å². The second kappa shape index (κ2) is 17.8. The average Bonchev–Trinajstić information content (AvgIpc) is 3.06. The summed E-state index contributed by atoms with van der Waals surface area (Å²) in [5, 5.41) is 12.3. The molecule has 53 heavy (non-hydrogen) atoms. The van der Waals surface area contributed by atoms with Gasteiger partial charge in [-0.15, -0.1) is 12.4 Å². The molecule has 0 aliphatic rings. The summed E-state index contributed by atoms with van der Waals surface area (Å²) in [4.78, 5) is 52.7. The van der Waals surface area contributed by atoms with E-state index < -0.39 is 70.7 Å². The van der Waals surface area contributed by atoms with Crippen LogP contribution in [-0.2, 0) is 35.3 Å². The second-order valence-electron chi connectivity index (χ2n) is 13.3. The molecule has 1 aromatic heterocycles. The normalized spacial score (nSPS) is 12.2. The Labute approximate surface area is 308 Å². The van der Waals surface area contributed by atoms with Crippen molar-refractivity contribution in [2.75, 3.05) is 13.7 Å². The summed E-state index contributed by atoms with van der Waals surface area (Å²) in [6.45, 7) is 3.36. The molecule has 3 aromatic carbocycles. The maximum Gasteiger partial charge on any atom is 0.416 e. The Morgan fingerprint density at radius 3 is 2.21 bits per heavy atom. The fourth-order valence-corrected chi connectivity index (χ4v) is 6.39. The number of rotatable bonds is 16. The van der Waals surface area contributed by atoms with Crippen LogP contribution in [0.4, 0.5) is 22.0 Å². The highest BCUT2D eigenvalue weighted by Crippen LogP contribution is 2.36. The number of nitrogens with zero attached hydrogens (tertiary/aromatic N) is 2. The van der Waals surface area contributed by atoms with Crippen LogP contribution in [0.25, 0.3) is 11.1 Å². The van der Waals surface area contributed by atoms with Crippen molar-refractivity contribution >= 4 is 24.2 Å². The van der Waals surface area contributed by atoms with Crippen LogP contribution in [0.2, 0.25) is 0 Å². The summed E-state index contributed by atoms with van der Waals surface area (Å²) in [5.74, 6) is -3.79. The summed E-state index contributed by atoms with van der Waals surface area (Å²) < 4.78 is 81.1. The highest BCUT2D eigenvalue weighted by atomic mass is 35.5. The van der Waals surface area contributed by atoms with Gasteiger partial charge in [-0.3, -0.25) is 18.7 Å². The predicted octanol–water partition coefficient (Wildman–Crippen LogP) is 7.20. The van der Waals surface area contributed by atoms with Crippen LogP contribution in [0.15, 0.2) is 76.3 Å². The number of carboxylic acid groups (broad SMARTS) is 1. The maximum atomic E-state index is 16.2. The van der Waals surface area contributed by atoms with Crippen molar-refractivity contribution in [3.05, 3.63) is 122 Å². The van der Waals surface area contributed by atoms with E-state index >= 15 is 8.78 Å². The van der Waals surface area contributed by atoms with Gasteiger partial charge in [-0.1, -0.05) is 62.4 Å². The fraction of sp³-hybridized carbons (Fsp3) is 0.368. The minimum absolute atomic E-state index is 0. The van der Waals surface area contributed by atoms with Crippen LogP contribution >= 0.6 is 12.4 Å². The van der Waals surface area contributed by atoms with Gasteiger partial charge in [0.1, 0.15) is 11.6 Å². The van der Waals surface area contributed by atoms with Gasteiger partial charge in [-0.2, -0.15) is 13.2 Å². The van der Waals surface area contributed by atoms with Gasteiger partial charge in [-0.25, -0.2) is 13.6 Å². The number of ether oxygens (including phenoxy) is 1. The Kier molecular flexibility index (Phi) is 14.3. The van der Waals surface area contributed by atoms with E-state index in [0.29, 0.717) is 11.6 Å². The average molecular weight is 766 g/mol. The van der Waals surface area contributed by atoms with Gasteiger partial charge in [-0.05, 0) is 55.5 Å². The lowest BCUT2D eigenvalue weighted by Gasteiger charge is -2.29. The third-order valence-electron chi connectivity index (χ3n) is 8.63. The number of Topliss-reactive ketones (excluding diaryl/α,β-unsaturated/α-hetero) is 1. The van der Waals surface area contributed by atoms with Gasteiger partial charge in [0.2, 0.25) is 0 Å². The molecule has 0 radical (unpaired) electrons. The SMILES string of the molecule is COc1cccc(-c2c(CC(C)(C)CC(C)=O)n(Cc3c(F)cccc3C(F)(F)F)c(=O)n(C[C@H](NCCCC(=O)O)c3ccccc3)c2=O)c1F.Cl. The predicted molar refractivity (Wildman–Crippen MR) is 191 cm³/mol. The first kappa shape index (κ1) is 42.6. The van der Waals surface area contributed by atoms with Crippen LogP contribution < -0.4 is 21.3 Å². The van der Waals surface area contributed by atoms with Crippen molar-refractivity contribution in [2.45, 2.75) is 71.8 Å². The quantitative estimate of drug-likeness (QED) is 0.0916. The van der Waals surface area contributed by atoms with E-state index in [-0.39, 0.29) is 73.0 Å². The third-order valence-corrected chi connectivity index (χ3v) is 8.63. The minimum atomic E-state index is -5.02. The zero-order valence-electron chi connectivity index (χ0n) is 29.6. The Bertz CT molecular complexity index is 2050. The van der Waals surface area contributed by atoms with Crippen LogP contribution in [0, 0.1) is 17.0 Å². The molecule has 4 rings (SSSR count). The van der Waals surface area contributed by atoms with E-state index in [1.807, 2.05) is 0 Å². The molecular formula is C38H41ClF5N3O6. The lowest BCUT2D eigenvalue weighted by molar-refractivity contribution is -0.139. The van der Waals surface area contributed by atoms with Crippen molar-refractivity contribution in [2.24, 2.45) is 5.41 Å². The maximum absolute atomic E-state index is 16.2. The lowest BCUT2D eigenvalue weighted by atomic mass is 9.81. The molecule has 0 aliphatic heterocycles. The number of aromatic nitrogens is 2. The molecule has 0 aliphatic carbocycles. The van der Waals surface area contributed by atoms with Gasteiger partial charge in [0, 0.05) is 29.7 Å². The molecule has 0 saturated heterocycles. The second-order valence-corrected chi connectivity index (χ2v) is 13.3. The van der Waals surface area contributed by atoms with Gasteiger partial charge in [0.05, 0.1) is 37.4 Å². The van der Waals surface area contributed by atoms with E-state index in [1.54, 1.807) is 44.2 Å². The molecule has 2 N–H and O–H groups in total. The van der Waals surface area contributed by atoms with Crippen molar-refractivity contribution in [3.63, 3.8) is 0 Å². The van der Waals surface area contributed by atoms with Gasteiger partial charge in [0.25, 0.3) is 5.56 Å². The minimum Gasteiger partial charge on any atom is -0.494 e. The molecular weight excluding hydrogens is 725 g/mol. The number of carbonyl (C=O) groups excluding carboxylic acids is 1. The summed E-state index contributed by atoms with van der Waals surface area (Å²) in [6, 6.07) is 14.1. The van der Waals surface area contributed by atoms with Crippen LogP contribution in [0.1, 0.15) is 68.5 Å². The number of hydrogen-bond acceptors (Lipinski definition) is 6. The van der Waals surface area contributed by atoms with Crippen molar-refractivity contribution in [1.29, 1.82) is 0 Å². The van der Waals surface area contributed by atoms with Crippen LogP contribution in [-0.4, -0.2) is 39.6 Å². The van der Waals surface area contributed by atoms with Crippen LogP contribution in [0.5, 0.6) is 5.75 Å². The number of ketones is 1. The van der Waals surface area contributed by atoms with E-state index in [2.05, 4.69) is 5.32 Å². The zero-order chi connectivity index (χ0) is 38.4. The van der Waals surface area contributed by atoms with E-state index in [0.717, 1.165) is 21.3 Å². The Morgan fingerprint density at radius 2 is 1.60 bits per heavy atom. The van der Waals surface area contributed by atoms with Gasteiger partial charge >= 0.3 is 17.8 Å². The highest BCUT2D eigenvalue weighted by molar-refractivity contribution is 5.85. The number of carbonyl (C=O) groups is 2. The van der Waals surface area contributed by atoms with Gasteiger partial charge < -0.3 is 20.0 Å². The largest absolute Gasteiger partial charge is 0.494 e. The summed E-state index contributed by atoms with van der Waals surface area (Å²) in [5.41, 5.74) is -5.64. The number of benzene rings is 3. The smallest absolute Gasteiger partial charge is 0.416 e. The van der Waals surface area contributed by atoms with E-state index in [4.69, 9.17) is 9.84 Å². The molecule has 0 bridgehead atoms. The topological polar surface area (TPSA) is 120 Å². The molecule has 15 heteroatoms. The van der Waals surface area contributed by atoms with Gasteiger partial charge in [0.15, 0.2) is 11.6 Å². The Hall–Kier alpha value is -4.82. The Morgan fingerprint density at radius 1 is 0.943 bits per heavy atom. The molecule has 0 fully saturated rings. The number of alkyl halides is 3. The zero-order valence-corrected chi connectivity index (χ0v) is 30.4. The van der Waals surface area contributed by atoms with Crippen LogP contribution in [0.3, 0.4) is 0 Å². The first-order valence-electron chi connectivity index (χ1n) is 16.5. The fourth-order valence-electron chi connectivity index (χ4n) is 6.39. The number of hydrogen-bond donors (Lipinski definition) is 2. The monoisotopic (exact) mass is 765 g/mol. The molecule has 9 nitrogen and oxygen atoms in total. The number of methoxy groups -OCH3 is 1. The number of halogens is 6. The number of carboxylic acids is 1. The third kappa shape index (κ3) is 10.4. The standard InChI is InChI=1S/C38H40F5N3O6.ClH/c1-23(47)19-37(2,3)20-30-33(25-13-8-16-31(52-4)34(25)40)35(50)46(22-29(24-11-6-5-7-12-24)44-18-10-17-32(48)49)36(51)45(30)21-26-27(38(41,42)43)14-9-15-28(26)39;/h5-9,11-16,29,44H,10,17-22H2,1-4H3,(H,48,49);1H/t29-;/m0./s1. The highest BCUT2D eigenvalue weighted by Gasteiger charge is 2.36. The lowest BCUT2D eigenvalue weighted by Crippen LogP contribution is -2.46. The molecule has 0 saturated carbocycles. The molecule has 0 spiro atoms. The summed E-state index contributed by atoms with van der Waals surface area (Å²) in [7, 11) is 1.20. The summed E-state index contributed by atoms with van der Waals surface area (Å²) in [6.07, 6.45) is -5.35. The van der Waals surface area contributed by atoms with Crippen molar-refractivity contribution in [3.8, 4) is 16.9 Å². The summed E-state index contributed by atoms with van der Waals surface area (Å²) >= 11 is 0. The van der Waals surface area contributed by atoms with E-state index in [9.17, 15) is 32.3 Å². The molecule has 1 atom stereocenters. The first-order chi connectivity index (χ1) is 24.4. The van der Waals surface area contributed by atoms with Crippen molar-refractivity contribution in [1.82, 2.24) is 14.5 Å². The molecule has 4 aromatic rings. The molecule has 0 unspecified atom stereocenters. The Balaban J connectivity index is 0.00000756. The number of nitrogens with one attached hydrogen (secondary N) is 1. The van der Waals surface area contributed by atoms with E-state index in [1.165, 1.54) is 32.2 Å². The number of aliphatic carboxylic acids is 1.